The van der Waals surface area contributed by atoms with E-state index in [9.17, 15) is 10.1 Å². The van der Waals surface area contributed by atoms with Gasteiger partial charge in [-0.15, -0.1) is 24.0 Å². The van der Waals surface area contributed by atoms with Gasteiger partial charge in [0.25, 0.3) is 5.91 Å². The SMILES string of the molecule is Cc1ccc(N2C(S)=C(C#N)C(=O)NC2c2cccs2)cc1. The first-order valence-electron chi connectivity index (χ1n) is 6.65. The fourth-order valence-electron chi connectivity index (χ4n) is 2.33. The second-order valence-electron chi connectivity index (χ2n) is 4.91. The number of thiol groups is 1. The van der Waals surface area contributed by atoms with Crippen molar-refractivity contribution in [1.29, 1.82) is 5.26 Å². The standard InChI is InChI=1S/C16H13N3OS2/c1-10-4-6-11(7-5-10)19-14(13-3-2-8-22-13)18-15(20)12(9-17)16(19)21/h2-8,14,21H,1H3,(H,18,20). The Labute approximate surface area is 138 Å². The summed E-state index contributed by atoms with van der Waals surface area (Å²) in [7, 11) is 0. The molecule has 1 aromatic carbocycles. The van der Waals surface area contributed by atoms with E-state index in [1.165, 1.54) is 0 Å². The van der Waals surface area contributed by atoms with Gasteiger partial charge in [0.15, 0.2) is 0 Å². The van der Waals surface area contributed by atoms with E-state index in [0.29, 0.717) is 5.03 Å². The summed E-state index contributed by atoms with van der Waals surface area (Å²) in [5.41, 5.74) is 2.04. The second-order valence-corrected chi connectivity index (χ2v) is 6.31. The van der Waals surface area contributed by atoms with Crippen molar-refractivity contribution in [2.24, 2.45) is 0 Å². The Balaban J connectivity index is 2.14. The molecule has 0 bridgehead atoms. The third-order valence-corrected chi connectivity index (χ3v) is 4.81. The Hall–Kier alpha value is -2.23. The fraction of sp³-hybridized carbons (Fsp3) is 0.125. The maximum absolute atomic E-state index is 12.1. The number of hydrogen-bond acceptors (Lipinski definition) is 5. The van der Waals surface area contributed by atoms with Gasteiger partial charge in [0.2, 0.25) is 0 Å². The quantitative estimate of drug-likeness (QED) is 0.832. The van der Waals surface area contributed by atoms with Crippen LogP contribution in [0.3, 0.4) is 0 Å². The van der Waals surface area contributed by atoms with Crippen LogP contribution in [0.4, 0.5) is 5.69 Å². The number of nitrogens with one attached hydrogen (secondary N) is 1. The highest BCUT2D eigenvalue weighted by atomic mass is 32.1. The van der Waals surface area contributed by atoms with Gasteiger partial charge < -0.3 is 10.2 Å². The van der Waals surface area contributed by atoms with Gasteiger partial charge in [-0.2, -0.15) is 5.26 Å². The highest BCUT2D eigenvalue weighted by Gasteiger charge is 2.34. The molecule has 0 saturated carbocycles. The van der Waals surface area contributed by atoms with Crippen molar-refractivity contribution in [3.05, 3.63) is 62.8 Å². The summed E-state index contributed by atoms with van der Waals surface area (Å²) in [4.78, 5) is 15.0. The fourth-order valence-corrected chi connectivity index (χ4v) is 3.48. The monoisotopic (exact) mass is 327 g/mol. The number of thiophene rings is 1. The molecule has 22 heavy (non-hydrogen) atoms. The number of benzene rings is 1. The van der Waals surface area contributed by atoms with E-state index in [1.54, 1.807) is 11.3 Å². The molecule has 2 heterocycles. The molecule has 1 unspecified atom stereocenters. The summed E-state index contributed by atoms with van der Waals surface area (Å²) in [6.07, 6.45) is -0.361. The van der Waals surface area contributed by atoms with Crippen molar-refractivity contribution >= 4 is 35.6 Å². The highest BCUT2D eigenvalue weighted by Crippen LogP contribution is 2.37. The molecule has 0 spiro atoms. The summed E-state index contributed by atoms with van der Waals surface area (Å²) in [6.45, 7) is 2.01. The van der Waals surface area contributed by atoms with Crippen LogP contribution in [0.25, 0.3) is 0 Å². The summed E-state index contributed by atoms with van der Waals surface area (Å²) in [5.74, 6) is -0.394. The zero-order valence-corrected chi connectivity index (χ0v) is 13.5. The van der Waals surface area contributed by atoms with E-state index in [1.807, 2.05) is 59.7 Å². The normalized spacial score (nSPS) is 18.1. The highest BCUT2D eigenvalue weighted by molar-refractivity contribution is 7.84. The molecule has 0 aliphatic carbocycles. The van der Waals surface area contributed by atoms with Crippen molar-refractivity contribution in [3.63, 3.8) is 0 Å². The van der Waals surface area contributed by atoms with Crippen molar-refractivity contribution in [1.82, 2.24) is 5.32 Å². The molecule has 110 valence electrons. The number of nitrogens with zero attached hydrogens (tertiary/aromatic N) is 2. The maximum atomic E-state index is 12.1. The molecule has 4 nitrogen and oxygen atoms in total. The predicted octanol–water partition coefficient (Wildman–Crippen LogP) is 3.36. The van der Waals surface area contributed by atoms with Crippen molar-refractivity contribution in [3.8, 4) is 6.07 Å². The van der Waals surface area contributed by atoms with E-state index in [0.717, 1.165) is 16.1 Å². The van der Waals surface area contributed by atoms with Gasteiger partial charge in [0.1, 0.15) is 17.8 Å². The van der Waals surface area contributed by atoms with E-state index >= 15 is 0 Å². The van der Waals surface area contributed by atoms with Gasteiger partial charge in [-0.1, -0.05) is 23.8 Å². The molecular formula is C16H13N3OS2. The molecule has 1 N–H and O–H groups in total. The predicted molar refractivity (Wildman–Crippen MR) is 90.5 cm³/mol. The number of anilines is 1. The molecule has 1 aromatic heterocycles. The molecule has 0 fully saturated rings. The molecule has 3 rings (SSSR count). The topological polar surface area (TPSA) is 56.1 Å². The zero-order valence-electron chi connectivity index (χ0n) is 11.8. The van der Waals surface area contributed by atoms with Crippen molar-refractivity contribution in [2.45, 2.75) is 13.1 Å². The van der Waals surface area contributed by atoms with E-state index in [-0.39, 0.29) is 11.7 Å². The van der Waals surface area contributed by atoms with Crippen LogP contribution in [0.5, 0.6) is 0 Å². The van der Waals surface area contributed by atoms with Crippen LogP contribution >= 0.6 is 24.0 Å². The average Bonchev–Trinajstić information content (AvgIpc) is 3.03. The minimum atomic E-state index is -0.394. The average molecular weight is 327 g/mol. The van der Waals surface area contributed by atoms with Gasteiger partial charge in [-0.25, -0.2) is 0 Å². The van der Waals surface area contributed by atoms with Crippen LogP contribution in [0.15, 0.2) is 52.4 Å². The van der Waals surface area contributed by atoms with Crippen LogP contribution in [0.2, 0.25) is 0 Å². The minimum Gasteiger partial charge on any atom is -0.326 e. The van der Waals surface area contributed by atoms with Crippen LogP contribution in [0, 0.1) is 18.3 Å². The summed E-state index contributed by atoms with van der Waals surface area (Å²) in [6, 6.07) is 13.7. The van der Waals surface area contributed by atoms with Gasteiger partial charge in [0, 0.05) is 10.6 Å². The molecule has 1 amide bonds. The molecule has 1 aliphatic heterocycles. The van der Waals surface area contributed by atoms with Crippen LogP contribution in [-0.2, 0) is 4.79 Å². The van der Waals surface area contributed by atoms with Crippen LogP contribution in [0.1, 0.15) is 16.6 Å². The lowest BCUT2D eigenvalue weighted by atomic mass is 10.1. The second kappa shape index (κ2) is 5.87. The molecule has 6 heteroatoms. The number of carbonyl (C=O) groups is 1. The number of aryl methyl sites for hydroxylation is 1. The van der Waals surface area contributed by atoms with Crippen LogP contribution in [-0.4, -0.2) is 5.91 Å². The molecule has 1 atom stereocenters. The van der Waals surface area contributed by atoms with Gasteiger partial charge in [-0.05, 0) is 30.5 Å². The Morgan fingerprint density at radius 3 is 2.64 bits per heavy atom. The van der Waals surface area contributed by atoms with Gasteiger partial charge in [-0.3, -0.25) is 4.79 Å². The maximum Gasteiger partial charge on any atom is 0.266 e. The summed E-state index contributed by atoms with van der Waals surface area (Å²) >= 11 is 5.99. The number of amides is 1. The molecule has 0 saturated heterocycles. The summed E-state index contributed by atoms with van der Waals surface area (Å²) in [5, 5.41) is 14.4. The smallest absolute Gasteiger partial charge is 0.266 e. The Bertz CT molecular complexity index is 773. The first kappa shape index (κ1) is 14.7. The van der Waals surface area contributed by atoms with Gasteiger partial charge in [0.05, 0.1) is 5.03 Å². The van der Waals surface area contributed by atoms with Gasteiger partial charge >= 0.3 is 0 Å². The number of nitriles is 1. The summed E-state index contributed by atoms with van der Waals surface area (Å²) < 4.78 is 0. The minimum absolute atomic E-state index is 0.0247. The molecule has 1 aliphatic rings. The van der Waals surface area contributed by atoms with E-state index < -0.39 is 5.91 Å². The van der Waals surface area contributed by atoms with Crippen molar-refractivity contribution in [2.75, 3.05) is 4.90 Å². The third kappa shape index (κ3) is 2.49. The lowest BCUT2D eigenvalue weighted by Crippen LogP contribution is -2.45. The third-order valence-electron chi connectivity index (χ3n) is 3.44. The number of rotatable bonds is 2. The lowest BCUT2D eigenvalue weighted by molar-refractivity contribution is -0.118. The first-order valence-corrected chi connectivity index (χ1v) is 7.98. The number of carbonyl (C=O) groups excluding carboxylic acids is 1. The van der Waals surface area contributed by atoms with E-state index in [2.05, 4.69) is 17.9 Å². The Morgan fingerprint density at radius 1 is 1.32 bits per heavy atom. The van der Waals surface area contributed by atoms with Crippen molar-refractivity contribution < 1.29 is 4.79 Å². The lowest BCUT2D eigenvalue weighted by Gasteiger charge is -2.37. The van der Waals surface area contributed by atoms with Crippen LogP contribution < -0.4 is 10.2 Å². The Kier molecular flexibility index (Phi) is 3.92. The Morgan fingerprint density at radius 2 is 2.05 bits per heavy atom. The number of hydrogen-bond donors (Lipinski definition) is 2. The largest absolute Gasteiger partial charge is 0.326 e. The molecule has 2 aromatic rings. The van der Waals surface area contributed by atoms with E-state index in [4.69, 9.17) is 0 Å². The molecule has 0 radical (unpaired) electrons. The first-order chi connectivity index (χ1) is 10.6. The molecular weight excluding hydrogens is 314 g/mol. The zero-order chi connectivity index (χ0) is 15.7.